The van der Waals surface area contributed by atoms with Crippen molar-refractivity contribution in [3.63, 3.8) is 0 Å². The first-order chi connectivity index (χ1) is 7.00. The summed E-state index contributed by atoms with van der Waals surface area (Å²) < 4.78 is 35.7. The molecule has 1 aromatic rings. The van der Waals surface area contributed by atoms with Crippen molar-refractivity contribution in [2.75, 3.05) is 0 Å². The van der Waals surface area contributed by atoms with Crippen molar-refractivity contribution >= 4 is 6.08 Å². The maximum atomic E-state index is 11.9. The molecule has 0 aliphatic carbocycles. The van der Waals surface area contributed by atoms with Gasteiger partial charge in [0.1, 0.15) is 0 Å². The second-order valence-corrected chi connectivity index (χ2v) is 3.11. The number of aliphatic hydroxyl groups is 1. The molecule has 0 radical (unpaired) electrons. The van der Waals surface area contributed by atoms with Gasteiger partial charge in [-0.25, -0.2) is 0 Å². The summed E-state index contributed by atoms with van der Waals surface area (Å²) in [5.41, 5.74) is 0.812. The Balaban J connectivity index is 2.48. The standard InChI is InChI=1S/C11H11F3O/c12-11(13,14)10(15)8-4-7-9-5-2-1-3-6-9/h1-7,10,15H,8H2. The molecule has 0 bridgehead atoms. The molecule has 0 saturated carbocycles. The smallest absolute Gasteiger partial charge is 0.383 e. The van der Waals surface area contributed by atoms with Crippen LogP contribution < -0.4 is 0 Å². The van der Waals surface area contributed by atoms with E-state index < -0.39 is 18.7 Å². The van der Waals surface area contributed by atoms with E-state index in [1.165, 1.54) is 6.08 Å². The lowest BCUT2D eigenvalue weighted by atomic mass is 10.1. The van der Waals surface area contributed by atoms with Crippen molar-refractivity contribution in [1.82, 2.24) is 0 Å². The molecule has 15 heavy (non-hydrogen) atoms. The molecule has 0 aliphatic rings. The normalized spacial score (nSPS) is 14.4. The largest absolute Gasteiger partial charge is 0.414 e. The first kappa shape index (κ1) is 11.8. The average molecular weight is 216 g/mol. The Hall–Kier alpha value is -1.29. The summed E-state index contributed by atoms with van der Waals surface area (Å²) in [5, 5.41) is 8.69. The van der Waals surface area contributed by atoms with Crippen LogP contribution in [0, 0.1) is 0 Å². The first-order valence-corrected chi connectivity index (χ1v) is 4.46. The fourth-order valence-corrected chi connectivity index (χ4v) is 1.03. The monoisotopic (exact) mass is 216 g/mol. The molecule has 1 aromatic carbocycles. The van der Waals surface area contributed by atoms with Crippen molar-refractivity contribution in [2.45, 2.75) is 18.7 Å². The summed E-state index contributed by atoms with van der Waals surface area (Å²) in [4.78, 5) is 0. The lowest BCUT2D eigenvalue weighted by Gasteiger charge is -2.11. The van der Waals surface area contributed by atoms with Gasteiger partial charge in [-0.2, -0.15) is 13.2 Å². The van der Waals surface area contributed by atoms with Gasteiger partial charge in [-0.1, -0.05) is 42.5 Å². The second kappa shape index (κ2) is 4.98. The van der Waals surface area contributed by atoms with Crippen LogP contribution in [0.4, 0.5) is 13.2 Å². The molecule has 1 nitrogen and oxygen atoms in total. The molecule has 1 atom stereocenters. The molecule has 1 unspecified atom stereocenters. The zero-order chi connectivity index (χ0) is 11.3. The third kappa shape index (κ3) is 4.16. The average Bonchev–Trinajstić information content (AvgIpc) is 2.18. The Bertz CT molecular complexity index is 316. The van der Waals surface area contributed by atoms with Crippen LogP contribution in [-0.4, -0.2) is 17.4 Å². The fourth-order valence-electron chi connectivity index (χ4n) is 1.03. The highest BCUT2D eigenvalue weighted by molar-refractivity contribution is 5.48. The summed E-state index contributed by atoms with van der Waals surface area (Å²) in [7, 11) is 0. The third-order valence-corrected chi connectivity index (χ3v) is 1.85. The van der Waals surface area contributed by atoms with Crippen LogP contribution in [0.15, 0.2) is 36.4 Å². The minimum atomic E-state index is -4.54. The van der Waals surface area contributed by atoms with Crippen LogP contribution in [-0.2, 0) is 0 Å². The molecule has 0 amide bonds. The van der Waals surface area contributed by atoms with E-state index in [1.807, 2.05) is 6.07 Å². The summed E-state index contributed by atoms with van der Waals surface area (Å²) in [5.74, 6) is 0. The Morgan fingerprint density at radius 3 is 2.33 bits per heavy atom. The van der Waals surface area contributed by atoms with Gasteiger partial charge in [0.15, 0.2) is 6.10 Å². The Morgan fingerprint density at radius 2 is 1.80 bits per heavy atom. The number of rotatable bonds is 3. The van der Waals surface area contributed by atoms with Gasteiger partial charge in [0.25, 0.3) is 0 Å². The minimum Gasteiger partial charge on any atom is -0.383 e. The zero-order valence-corrected chi connectivity index (χ0v) is 7.91. The van der Waals surface area contributed by atoms with Gasteiger partial charge in [-0.05, 0) is 5.56 Å². The van der Waals surface area contributed by atoms with Crippen LogP contribution in [0.3, 0.4) is 0 Å². The molecule has 0 aromatic heterocycles. The van der Waals surface area contributed by atoms with Crippen LogP contribution in [0.1, 0.15) is 12.0 Å². The van der Waals surface area contributed by atoms with Crippen molar-refractivity contribution < 1.29 is 18.3 Å². The predicted molar refractivity (Wildman–Crippen MR) is 52.2 cm³/mol. The SMILES string of the molecule is OC(CC=Cc1ccccc1)C(F)(F)F. The molecule has 0 fully saturated rings. The minimum absolute atomic E-state index is 0.418. The van der Waals surface area contributed by atoms with E-state index in [2.05, 4.69) is 0 Å². The number of alkyl halides is 3. The summed E-state index contributed by atoms with van der Waals surface area (Å²) in [6.07, 6.45) is -4.38. The van der Waals surface area contributed by atoms with Crippen LogP contribution >= 0.6 is 0 Å². The van der Waals surface area contributed by atoms with E-state index in [4.69, 9.17) is 5.11 Å². The van der Waals surface area contributed by atoms with Gasteiger partial charge in [0.2, 0.25) is 0 Å². The lowest BCUT2D eigenvalue weighted by molar-refractivity contribution is -0.202. The van der Waals surface area contributed by atoms with E-state index in [-0.39, 0.29) is 0 Å². The molecule has 1 rings (SSSR count). The maximum absolute atomic E-state index is 11.9. The predicted octanol–water partition coefficient (Wildman–Crippen LogP) is 3.01. The van der Waals surface area contributed by atoms with Crippen molar-refractivity contribution in [2.24, 2.45) is 0 Å². The topological polar surface area (TPSA) is 20.2 Å². The Morgan fingerprint density at radius 1 is 1.20 bits per heavy atom. The highest BCUT2D eigenvalue weighted by atomic mass is 19.4. The molecule has 0 heterocycles. The first-order valence-electron chi connectivity index (χ1n) is 4.46. The summed E-state index contributed by atoms with van der Waals surface area (Å²) in [6, 6.07) is 8.95. The Labute approximate surface area is 85.9 Å². The number of benzene rings is 1. The number of aliphatic hydroxyl groups excluding tert-OH is 1. The summed E-state index contributed by atoms with van der Waals surface area (Å²) in [6.45, 7) is 0. The molecular weight excluding hydrogens is 205 g/mol. The molecule has 82 valence electrons. The molecule has 0 spiro atoms. The van der Waals surface area contributed by atoms with Crippen molar-refractivity contribution in [1.29, 1.82) is 0 Å². The third-order valence-electron chi connectivity index (χ3n) is 1.85. The maximum Gasteiger partial charge on any atom is 0.414 e. The second-order valence-electron chi connectivity index (χ2n) is 3.11. The van der Waals surface area contributed by atoms with Crippen LogP contribution in [0.5, 0.6) is 0 Å². The van der Waals surface area contributed by atoms with E-state index in [9.17, 15) is 13.2 Å². The summed E-state index contributed by atoms with van der Waals surface area (Å²) >= 11 is 0. The van der Waals surface area contributed by atoms with Gasteiger partial charge in [0, 0.05) is 6.42 Å². The quantitative estimate of drug-likeness (QED) is 0.823. The number of hydrogen-bond donors (Lipinski definition) is 1. The highest BCUT2D eigenvalue weighted by Gasteiger charge is 2.36. The Kier molecular flexibility index (Phi) is 3.91. The number of halogens is 3. The molecule has 4 heteroatoms. The van der Waals surface area contributed by atoms with Crippen LogP contribution in [0.25, 0.3) is 6.08 Å². The van der Waals surface area contributed by atoms with Gasteiger partial charge in [-0.15, -0.1) is 0 Å². The van der Waals surface area contributed by atoms with Crippen LogP contribution in [0.2, 0.25) is 0 Å². The van der Waals surface area contributed by atoms with Gasteiger partial charge in [0.05, 0.1) is 0 Å². The molecule has 0 aliphatic heterocycles. The van der Waals surface area contributed by atoms with Gasteiger partial charge in [-0.3, -0.25) is 0 Å². The molecular formula is C11H11F3O. The fraction of sp³-hybridized carbons (Fsp3) is 0.273. The highest BCUT2D eigenvalue weighted by Crippen LogP contribution is 2.22. The van der Waals surface area contributed by atoms with Gasteiger partial charge < -0.3 is 5.11 Å². The van der Waals surface area contributed by atoms with Crippen molar-refractivity contribution in [3.8, 4) is 0 Å². The molecule has 1 N–H and O–H groups in total. The van der Waals surface area contributed by atoms with Crippen molar-refractivity contribution in [3.05, 3.63) is 42.0 Å². The van der Waals surface area contributed by atoms with Gasteiger partial charge >= 0.3 is 6.18 Å². The number of hydrogen-bond acceptors (Lipinski definition) is 1. The van der Waals surface area contributed by atoms with E-state index in [0.29, 0.717) is 0 Å². The lowest BCUT2D eigenvalue weighted by Crippen LogP contribution is -2.27. The van der Waals surface area contributed by atoms with E-state index in [0.717, 1.165) is 5.56 Å². The molecule has 0 saturated heterocycles. The zero-order valence-electron chi connectivity index (χ0n) is 7.91. The van der Waals surface area contributed by atoms with E-state index >= 15 is 0 Å². The van der Waals surface area contributed by atoms with E-state index in [1.54, 1.807) is 30.3 Å².